The fraction of sp³-hybridized carbons (Fsp3) is 0.171. The molecule has 0 bridgehead atoms. The summed E-state index contributed by atoms with van der Waals surface area (Å²) >= 11 is 11.0. The number of nitrogens with zero attached hydrogens (tertiary/aromatic N) is 4. The predicted octanol–water partition coefficient (Wildman–Crippen LogP) is 8.57. The number of imidazole rings is 1. The molecule has 2 aliphatic heterocycles. The molecule has 0 radical (unpaired) electrons. The van der Waals surface area contributed by atoms with Crippen molar-refractivity contribution in [1.82, 2.24) is 14.3 Å². The Morgan fingerprint density at radius 3 is 2.35 bits per heavy atom. The Labute approximate surface area is 311 Å². The van der Waals surface area contributed by atoms with Crippen molar-refractivity contribution in [3.63, 3.8) is 0 Å². The highest BCUT2D eigenvalue weighted by Crippen LogP contribution is 2.33. The molecule has 258 valence electrons. The van der Waals surface area contributed by atoms with Gasteiger partial charge in [-0.05, 0) is 59.0 Å². The zero-order valence-corrected chi connectivity index (χ0v) is 30.2. The molecular weight excluding hydrogens is 697 g/mol. The second-order valence-electron chi connectivity index (χ2n) is 12.5. The maximum absolute atomic E-state index is 12.5. The number of carbonyl (C=O) groups is 1. The van der Waals surface area contributed by atoms with Crippen LogP contribution in [0.5, 0.6) is 0 Å². The van der Waals surface area contributed by atoms with E-state index in [9.17, 15) is 9.00 Å². The molecule has 0 saturated carbocycles. The summed E-state index contributed by atoms with van der Waals surface area (Å²) in [6.45, 7) is 5.98. The fourth-order valence-electron chi connectivity index (χ4n) is 6.69. The lowest BCUT2D eigenvalue weighted by atomic mass is 9.99. The van der Waals surface area contributed by atoms with Gasteiger partial charge in [-0.15, -0.1) is 11.6 Å². The molecule has 4 aromatic carbocycles. The molecule has 5 aromatic rings. The smallest absolute Gasteiger partial charge is 0.253 e. The highest BCUT2D eigenvalue weighted by atomic mass is 35.5. The number of halogens is 2. The SMILES string of the molecule is C=C/C=C(\C(Cl)=C/CCl)c1cn(-c2cccc(N3CC(=O)NS3=O)c2)c(Cc2ccc(-c3ccc(N4CCC(c5ccccc5)C4)cc3)cc2)n1. The van der Waals surface area contributed by atoms with E-state index < -0.39 is 11.2 Å². The molecule has 0 spiro atoms. The molecule has 2 unspecified atom stereocenters. The first-order valence-electron chi connectivity index (χ1n) is 16.8. The Morgan fingerprint density at radius 2 is 1.67 bits per heavy atom. The first kappa shape index (κ1) is 34.6. The number of alkyl halides is 1. The molecule has 2 aliphatic rings. The number of amides is 1. The van der Waals surface area contributed by atoms with Crippen LogP contribution in [0.25, 0.3) is 22.4 Å². The number of anilines is 2. The second-order valence-corrected chi connectivity index (χ2v) is 14.4. The fourth-order valence-corrected chi connectivity index (χ4v) is 8.07. The van der Waals surface area contributed by atoms with E-state index in [1.807, 2.05) is 41.1 Å². The number of hydrogen-bond acceptors (Lipinski definition) is 4. The minimum absolute atomic E-state index is 0.0191. The summed E-state index contributed by atoms with van der Waals surface area (Å²) in [5.74, 6) is 1.31. The molecule has 0 aliphatic carbocycles. The van der Waals surface area contributed by atoms with Crippen LogP contribution in [0, 0.1) is 0 Å². The molecule has 51 heavy (non-hydrogen) atoms. The first-order valence-corrected chi connectivity index (χ1v) is 18.8. The zero-order valence-electron chi connectivity index (χ0n) is 27.9. The molecule has 3 heterocycles. The minimum atomic E-state index is -1.64. The summed E-state index contributed by atoms with van der Waals surface area (Å²) in [6.07, 6.45) is 8.84. The van der Waals surface area contributed by atoms with Gasteiger partial charge in [0.15, 0.2) is 0 Å². The van der Waals surface area contributed by atoms with E-state index in [0.717, 1.165) is 41.3 Å². The molecule has 2 atom stereocenters. The summed E-state index contributed by atoms with van der Waals surface area (Å²) < 4.78 is 18.5. The van der Waals surface area contributed by atoms with Crippen LogP contribution in [0.2, 0.25) is 0 Å². The van der Waals surface area contributed by atoms with Crippen molar-refractivity contribution in [3.8, 4) is 16.8 Å². The Kier molecular flexibility index (Phi) is 10.5. The highest BCUT2D eigenvalue weighted by Gasteiger charge is 2.27. The zero-order chi connectivity index (χ0) is 35.3. The van der Waals surface area contributed by atoms with Crippen molar-refractivity contribution in [1.29, 1.82) is 0 Å². The summed E-state index contributed by atoms with van der Waals surface area (Å²) in [5, 5.41) is 0.475. The lowest BCUT2D eigenvalue weighted by molar-refractivity contribution is -0.117. The van der Waals surface area contributed by atoms with Crippen LogP contribution in [0.4, 0.5) is 11.4 Å². The van der Waals surface area contributed by atoms with Gasteiger partial charge >= 0.3 is 0 Å². The van der Waals surface area contributed by atoms with Gasteiger partial charge in [0.1, 0.15) is 12.4 Å². The molecule has 1 amide bonds. The van der Waals surface area contributed by atoms with E-state index in [2.05, 4.69) is 95.1 Å². The standard InChI is InChI=1S/C41H37Cl2N5O2S/c1-2-7-37(38(43)20-22-42)39-27-47(35-10-6-11-36(25-35)48-28-41(49)45-51(48)50)40(44-39)24-29-12-14-31(15-13-29)32-16-18-34(19-17-32)46-23-21-33(26-46)30-8-4-3-5-9-30/h2-20,25,27,33H,1,21-24,26,28H2,(H,45,49)/b37-7+,38-20+. The summed E-state index contributed by atoms with van der Waals surface area (Å²) in [5.41, 5.74) is 8.88. The summed E-state index contributed by atoms with van der Waals surface area (Å²) in [4.78, 5) is 19.5. The van der Waals surface area contributed by atoms with Gasteiger partial charge in [0.2, 0.25) is 11.2 Å². The maximum Gasteiger partial charge on any atom is 0.253 e. The molecule has 7 rings (SSSR count). The van der Waals surface area contributed by atoms with E-state index in [4.69, 9.17) is 28.2 Å². The van der Waals surface area contributed by atoms with Crippen LogP contribution in [0.3, 0.4) is 0 Å². The molecule has 2 saturated heterocycles. The quantitative estimate of drug-likeness (QED) is 0.109. The van der Waals surface area contributed by atoms with Gasteiger partial charge in [0, 0.05) is 59.5 Å². The van der Waals surface area contributed by atoms with Crippen molar-refractivity contribution in [2.75, 3.05) is 34.7 Å². The highest BCUT2D eigenvalue weighted by molar-refractivity contribution is 7.85. The number of benzene rings is 4. The molecule has 1 aromatic heterocycles. The van der Waals surface area contributed by atoms with Crippen LogP contribution >= 0.6 is 23.2 Å². The van der Waals surface area contributed by atoms with Crippen LogP contribution in [0.1, 0.15) is 35.0 Å². The van der Waals surface area contributed by atoms with E-state index in [1.165, 1.54) is 22.0 Å². The van der Waals surface area contributed by atoms with Crippen molar-refractivity contribution in [3.05, 3.63) is 162 Å². The summed E-state index contributed by atoms with van der Waals surface area (Å²) in [6, 6.07) is 35.8. The predicted molar refractivity (Wildman–Crippen MR) is 211 cm³/mol. The van der Waals surface area contributed by atoms with Crippen LogP contribution < -0.4 is 13.9 Å². The third-order valence-corrected chi connectivity index (χ3v) is 10.9. The Balaban J connectivity index is 1.13. The van der Waals surface area contributed by atoms with E-state index in [0.29, 0.717) is 34.3 Å². The van der Waals surface area contributed by atoms with Crippen LogP contribution in [-0.4, -0.2) is 45.2 Å². The molecule has 2 fully saturated rings. The Bertz CT molecular complexity index is 2130. The van der Waals surface area contributed by atoms with Gasteiger partial charge in [-0.2, -0.15) is 0 Å². The number of hydrogen-bond donors (Lipinski definition) is 1. The van der Waals surface area contributed by atoms with Gasteiger partial charge in [0.25, 0.3) is 5.91 Å². The third-order valence-electron chi connectivity index (χ3n) is 9.28. The third kappa shape index (κ3) is 7.73. The maximum atomic E-state index is 12.5. The van der Waals surface area contributed by atoms with Gasteiger partial charge in [0.05, 0.1) is 11.4 Å². The van der Waals surface area contributed by atoms with E-state index >= 15 is 0 Å². The molecule has 10 heteroatoms. The lowest BCUT2D eigenvalue weighted by Crippen LogP contribution is -2.22. The summed E-state index contributed by atoms with van der Waals surface area (Å²) in [7, 11) is 0. The molecule has 1 N–H and O–H groups in total. The lowest BCUT2D eigenvalue weighted by Gasteiger charge is -2.19. The number of carbonyl (C=O) groups excluding carboxylic acids is 1. The van der Waals surface area contributed by atoms with Gasteiger partial charge < -0.3 is 9.47 Å². The second kappa shape index (κ2) is 15.6. The van der Waals surface area contributed by atoms with E-state index in [1.54, 1.807) is 12.2 Å². The largest absolute Gasteiger partial charge is 0.371 e. The van der Waals surface area contributed by atoms with Crippen molar-refractivity contribution in [2.24, 2.45) is 0 Å². The van der Waals surface area contributed by atoms with Gasteiger partial charge in [-0.1, -0.05) is 109 Å². The number of nitrogens with one attached hydrogen (secondary N) is 1. The van der Waals surface area contributed by atoms with Crippen LogP contribution in [-0.2, 0) is 22.4 Å². The van der Waals surface area contributed by atoms with Crippen molar-refractivity contribution >= 4 is 57.2 Å². The van der Waals surface area contributed by atoms with E-state index in [-0.39, 0.29) is 18.3 Å². The van der Waals surface area contributed by atoms with Crippen molar-refractivity contribution < 1.29 is 9.00 Å². The number of rotatable bonds is 11. The number of allylic oxidation sites excluding steroid dienone is 5. The Hall–Kier alpha value is -4.89. The first-order chi connectivity index (χ1) is 24.9. The van der Waals surface area contributed by atoms with Gasteiger partial charge in [-0.25, -0.2) is 9.19 Å². The molecular formula is C41H37Cl2N5O2S. The average molecular weight is 735 g/mol. The topological polar surface area (TPSA) is 70.5 Å². The monoisotopic (exact) mass is 733 g/mol. The Morgan fingerprint density at radius 1 is 0.941 bits per heavy atom. The average Bonchev–Trinajstić information content (AvgIpc) is 3.90. The minimum Gasteiger partial charge on any atom is -0.371 e. The van der Waals surface area contributed by atoms with Crippen LogP contribution in [0.15, 0.2) is 139 Å². The molecule has 7 nitrogen and oxygen atoms in total. The van der Waals surface area contributed by atoms with Gasteiger partial charge in [-0.3, -0.25) is 13.8 Å². The number of aromatic nitrogens is 2. The normalized spacial score (nSPS) is 18.0. The van der Waals surface area contributed by atoms with Crippen molar-refractivity contribution in [2.45, 2.75) is 18.8 Å².